The van der Waals surface area contributed by atoms with Gasteiger partial charge in [-0.15, -0.1) is 5.10 Å². The van der Waals surface area contributed by atoms with Crippen molar-refractivity contribution in [3.63, 3.8) is 0 Å². The largest absolute Gasteiger partial charge is 0.453 e. The molecule has 0 saturated heterocycles. The lowest BCUT2D eigenvalue weighted by Crippen LogP contribution is -2.12. The average molecular weight is 362 g/mol. The van der Waals surface area contributed by atoms with Crippen LogP contribution in [0.15, 0.2) is 28.7 Å². The minimum Gasteiger partial charge on any atom is -0.453 e. The molecule has 2 aromatic heterocycles. The highest BCUT2D eigenvalue weighted by atomic mass is 35.5. The summed E-state index contributed by atoms with van der Waals surface area (Å²) in [4.78, 5) is 16.5. The second kappa shape index (κ2) is 7.43. The standard InChI is InChI=1S/C16H16ClN5O3/c1-3-8-22-13(19-20-21-22)9-24-16(23)14-10(2)25-15(18-14)11-4-6-12(17)7-5-11/h4-7H,3,8-9H2,1-2H3. The summed E-state index contributed by atoms with van der Waals surface area (Å²) in [5.41, 5.74) is 0.845. The number of nitrogens with zero attached hydrogens (tertiary/aromatic N) is 5. The van der Waals surface area contributed by atoms with Gasteiger partial charge >= 0.3 is 5.97 Å². The maximum absolute atomic E-state index is 12.3. The van der Waals surface area contributed by atoms with Gasteiger partial charge in [0.1, 0.15) is 5.76 Å². The molecule has 0 N–H and O–H groups in total. The summed E-state index contributed by atoms with van der Waals surface area (Å²) in [6.07, 6.45) is 0.874. The molecule has 0 atom stereocenters. The summed E-state index contributed by atoms with van der Waals surface area (Å²) in [5.74, 6) is 0.599. The lowest BCUT2D eigenvalue weighted by Gasteiger charge is -2.03. The first-order chi connectivity index (χ1) is 12.1. The number of ether oxygens (including phenoxy) is 1. The molecule has 9 heteroatoms. The topological polar surface area (TPSA) is 95.9 Å². The van der Waals surface area contributed by atoms with Crippen molar-refractivity contribution in [3.8, 4) is 11.5 Å². The molecule has 0 fully saturated rings. The van der Waals surface area contributed by atoms with Crippen molar-refractivity contribution in [2.24, 2.45) is 0 Å². The minimum atomic E-state index is -0.590. The highest BCUT2D eigenvalue weighted by Gasteiger charge is 2.20. The average Bonchev–Trinajstić information content (AvgIpc) is 3.20. The molecular weight excluding hydrogens is 346 g/mol. The molecule has 0 bridgehead atoms. The van der Waals surface area contributed by atoms with Gasteiger partial charge in [0.05, 0.1) is 0 Å². The molecule has 0 radical (unpaired) electrons. The molecule has 0 unspecified atom stereocenters. The van der Waals surface area contributed by atoms with E-state index in [4.69, 9.17) is 20.8 Å². The van der Waals surface area contributed by atoms with Gasteiger partial charge in [0, 0.05) is 17.1 Å². The third-order valence-electron chi connectivity index (χ3n) is 3.45. The number of benzene rings is 1. The van der Waals surface area contributed by atoms with E-state index in [-0.39, 0.29) is 12.3 Å². The Hall–Kier alpha value is -2.74. The van der Waals surface area contributed by atoms with Crippen LogP contribution in [-0.4, -0.2) is 31.2 Å². The fourth-order valence-corrected chi connectivity index (χ4v) is 2.34. The van der Waals surface area contributed by atoms with Crippen molar-refractivity contribution in [1.82, 2.24) is 25.2 Å². The Bertz CT molecular complexity index is 872. The first kappa shape index (κ1) is 17.1. The van der Waals surface area contributed by atoms with Crippen LogP contribution in [-0.2, 0) is 17.9 Å². The van der Waals surface area contributed by atoms with Crippen molar-refractivity contribution in [1.29, 1.82) is 0 Å². The van der Waals surface area contributed by atoms with E-state index in [0.717, 1.165) is 12.0 Å². The van der Waals surface area contributed by atoms with Crippen LogP contribution in [0.4, 0.5) is 0 Å². The van der Waals surface area contributed by atoms with Gasteiger partial charge in [-0.2, -0.15) is 0 Å². The van der Waals surface area contributed by atoms with Crippen LogP contribution < -0.4 is 0 Å². The van der Waals surface area contributed by atoms with Gasteiger partial charge in [-0.1, -0.05) is 18.5 Å². The molecule has 2 heterocycles. The lowest BCUT2D eigenvalue weighted by atomic mass is 10.2. The van der Waals surface area contributed by atoms with Gasteiger partial charge in [-0.25, -0.2) is 14.5 Å². The van der Waals surface area contributed by atoms with Crippen LogP contribution in [0.3, 0.4) is 0 Å². The number of hydrogen-bond donors (Lipinski definition) is 0. The first-order valence-electron chi connectivity index (χ1n) is 7.74. The summed E-state index contributed by atoms with van der Waals surface area (Å²) in [7, 11) is 0. The first-order valence-corrected chi connectivity index (χ1v) is 8.11. The molecule has 0 aliphatic rings. The number of halogens is 1. The van der Waals surface area contributed by atoms with Crippen LogP contribution in [0, 0.1) is 6.92 Å². The molecule has 0 spiro atoms. The zero-order chi connectivity index (χ0) is 17.8. The van der Waals surface area contributed by atoms with Gasteiger partial charge in [-0.05, 0) is 48.0 Å². The SMILES string of the molecule is CCCn1nnnc1COC(=O)c1nc(-c2ccc(Cl)cc2)oc1C. The third-order valence-corrected chi connectivity index (χ3v) is 3.71. The predicted molar refractivity (Wildman–Crippen MR) is 88.9 cm³/mol. The molecule has 25 heavy (non-hydrogen) atoms. The summed E-state index contributed by atoms with van der Waals surface area (Å²) in [6.45, 7) is 4.29. The van der Waals surface area contributed by atoms with Crippen LogP contribution in [0.2, 0.25) is 5.02 Å². The molecule has 130 valence electrons. The predicted octanol–water partition coefficient (Wildman–Crippen LogP) is 3.06. The lowest BCUT2D eigenvalue weighted by molar-refractivity contribution is 0.0448. The highest BCUT2D eigenvalue weighted by Crippen LogP contribution is 2.23. The van der Waals surface area contributed by atoms with Gasteiger partial charge in [0.25, 0.3) is 0 Å². The molecule has 0 amide bonds. The summed E-state index contributed by atoms with van der Waals surface area (Å²) < 4.78 is 12.4. The van der Waals surface area contributed by atoms with E-state index in [0.29, 0.717) is 29.0 Å². The molecule has 0 aliphatic carbocycles. The second-order valence-corrected chi connectivity index (χ2v) is 5.76. The number of oxazole rings is 1. The second-order valence-electron chi connectivity index (χ2n) is 5.33. The molecule has 1 aromatic carbocycles. The normalized spacial score (nSPS) is 10.8. The fraction of sp³-hybridized carbons (Fsp3) is 0.312. The minimum absolute atomic E-state index is 0.0333. The Balaban J connectivity index is 1.72. The maximum atomic E-state index is 12.3. The number of tetrazole rings is 1. The number of carbonyl (C=O) groups is 1. The van der Waals surface area contributed by atoms with Crippen molar-refractivity contribution in [3.05, 3.63) is 46.6 Å². The van der Waals surface area contributed by atoms with Crippen molar-refractivity contribution in [2.45, 2.75) is 33.4 Å². The van der Waals surface area contributed by atoms with Gasteiger partial charge < -0.3 is 9.15 Å². The van der Waals surface area contributed by atoms with Crippen molar-refractivity contribution in [2.75, 3.05) is 0 Å². The number of esters is 1. The molecule has 0 saturated carbocycles. The summed E-state index contributed by atoms with van der Waals surface area (Å²) >= 11 is 5.87. The van der Waals surface area contributed by atoms with Gasteiger partial charge in [0.15, 0.2) is 18.1 Å². The number of hydrogen-bond acceptors (Lipinski definition) is 7. The molecule has 3 aromatic rings. The zero-order valence-electron chi connectivity index (χ0n) is 13.8. The summed E-state index contributed by atoms with van der Waals surface area (Å²) in [5, 5.41) is 11.9. The Morgan fingerprint density at radius 3 is 2.80 bits per heavy atom. The molecular formula is C16H16ClN5O3. The van der Waals surface area contributed by atoms with E-state index in [2.05, 4.69) is 20.5 Å². The molecule has 0 aliphatic heterocycles. The number of aromatic nitrogens is 5. The van der Waals surface area contributed by atoms with Crippen molar-refractivity contribution >= 4 is 17.6 Å². The Labute approximate surface area is 148 Å². The van der Waals surface area contributed by atoms with E-state index in [1.165, 1.54) is 0 Å². The highest BCUT2D eigenvalue weighted by molar-refractivity contribution is 6.30. The monoisotopic (exact) mass is 361 g/mol. The van der Waals surface area contributed by atoms with E-state index < -0.39 is 5.97 Å². The Morgan fingerprint density at radius 2 is 2.08 bits per heavy atom. The summed E-state index contributed by atoms with van der Waals surface area (Å²) in [6, 6.07) is 6.98. The van der Waals surface area contributed by atoms with E-state index in [9.17, 15) is 4.79 Å². The third kappa shape index (κ3) is 3.85. The number of rotatable bonds is 6. The maximum Gasteiger partial charge on any atom is 0.361 e. The number of carbonyl (C=O) groups excluding carboxylic acids is 1. The van der Waals surface area contributed by atoms with Crippen LogP contribution in [0.1, 0.15) is 35.4 Å². The van der Waals surface area contributed by atoms with Crippen LogP contribution in [0.25, 0.3) is 11.5 Å². The molecule has 8 nitrogen and oxygen atoms in total. The smallest absolute Gasteiger partial charge is 0.361 e. The quantitative estimate of drug-likeness (QED) is 0.622. The van der Waals surface area contributed by atoms with Crippen LogP contribution in [0.5, 0.6) is 0 Å². The van der Waals surface area contributed by atoms with Crippen molar-refractivity contribution < 1.29 is 13.9 Å². The Kier molecular flexibility index (Phi) is 5.08. The Morgan fingerprint density at radius 1 is 1.32 bits per heavy atom. The zero-order valence-corrected chi connectivity index (χ0v) is 14.5. The fourth-order valence-electron chi connectivity index (χ4n) is 2.21. The van der Waals surface area contributed by atoms with E-state index >= 15 is 0 Å². The number of aryl methyl sites for hydroxylation is 2. The van der Waals surface area contributed by atoms with Gasteiger partial charge in [0.2, 0.25) is 5.89 Å². The van der Waals surface area contributed by atoms with Crippen LogP contribution >= 0.6 is 11.6 Å². The van der Waals surface area contributed by atoms with E-state index in [1.807, 2.05) is 6.92 Å². The van der Waals surface area contributed by atoms with E-state index in [1.54, 1.807) is 35.9 Å². The molecule has 3 rings (SSSR count). The van der Waals surface area contributed by atoms with Gasteiger partial charge in [-0.3, -0.25) is 0 Å².